The molecule has 0 radical (unpaired) electrons. The molecule has 1 aromatic carbocycles. The average Bonchev–Trinajstić information content (AvgIpc) is 3.11. The van der Waals surface area contributed by atoms with Gasteiger partial charge < -0.3 is 5.32 Å². The molecule has 1 saturated carbocycles. The van der Waals surface area contributed by atoms with Crippen LogP contribution >= 0.6 is 11.8 Å². The van der Waals surface area contributed by atoms with Gasteiger partial charge in [0.2, 0.25) is 5.91 Å². The van der Waals surface area contributed by atoms with E-state index in [0.717, 1.165) is 29.6 Å². The van der Waals surface area contributed by atoms with Crippen molar-refractivity contribution in [3.63, 3.8) is 0 Å². The minimum Gasteiger partial charge on any atom is -0.353 e. The van der Waals surface area contributed by atoms with Gasteiger partial charge in [-0.05, 0) is 68.7 Å². The van der Waals surface area contributed by atoms with Crippen LogP contribution in [0.15, 0.2) is 29.7 Å². The van der Waals surface area contributed by atoms with E-state index in [4.69, 9.17) is 0 Å². The molecule has 0 aliphatic heterocycles. The molecule has 26 heavy (non-hydrogen) atoms. The molecule has 140 valence electrons. The van der Waals surface area contributed by atoms with E-state index in [0.29, 0.717) is 11.8 Å². The molecule has 3 rings (SSSR count). The van der Waals surface area contributed by atoms with Crippen LogP contribution in [0.25, 0.3) is 5.69 Å². The lowest BCUT2D eigenvalue weighted by atomic mass is 9.84. The van der Waals surface area contributed by atoms with Gasteiger partial charge in [0.05, 0.1) is 5.75 Å². The third-order valence-electron chi connectivity index (χ3n) is 5.41. The molecule has 1 aromatic heterocycles. The van der Waals surface area contributed by atoms with Gasteiger partial charge in [0.1, 0.15) is 6.33 Å². The Morgan fingerprint density at radius 1 is 1.23 bits per heavy atom. The highest BCUT2D eigenvalue weighted by molar-refractivity contribution is 7.99. The molecule has 6 heteroatoms. The van der Waals surface area contributed by atoms with Crippen molar-refractivity contribution in [1.29, 1.82) is 0 Å². The zero-order valence-corrected chi connectivity index (χ0v) is 16.7. The predicted octanol–water partition coefficient (Wildman–Crippen LogP) is 4.06. The Hall–Kier alpha value is -1.82. The number of benzene rings is 1. The topological polar surface area (TPSA) is 59.8 Å². The molecule has 0 unspecified atom stereocenters. The summed E-state index contributed by atoms with van der Waals surface area (Å²) in [5.74, 6) is 1.30. The summed E-state index contributed by atoms with van der Waals surface area (Å²) in [6.45, 7) is 6.45. The molecule has 1 N–H and O–H groups in total. The highest BCUT2D eigenvalue weighted by Gasteiger charge is 2.21. The highest BCUT2D eigenvalue weighted by atomic mass is 32.2. The van der Waals surface area contributed by atoms with Crippen molar-refractivity contribution in [3.05, 3.63) is 35.7 Å². The van der Waals surface area contributed by atoms with E-state index in [1.807, 2.05) is 4.57 Å². The lowest BCUT2D eigenvalue weighted by Crippen LogP contribution is -2.38. The molecule has 1 aliphatic carbocycles. The molecule has 1 fully saturated rings. The number of amides is 1. The van der Waals surface area contributed by atoms with Crippen LogP contribution < -0.4 is 5.32 Å². The van der Waals surface area contributed by atoms with Crippen LogP contribution in [-0.2, 0) is 4.79 Å². The Labute approximate surface area is 160 Å². The van der Waals surface area contributed by atoms with Crippen LogP contribution in [0, 0.1) is 19.8 Å². The minimum atomic E-state index is 0.0876. The number of nitrogens with one attached hydrogen (secondary N) is 1. The number of carbonyl (C=O) groups is 1. The lowest BCUT2D eigenvalue weighted by Gasteiger charge is -2.28. The van der Waals surface area contributed by atoms with E-state index in [9.17, 15) is 4.79 Å². The second kappa shape index (κ2) is 8.71. The Kier molecular flexibility index (Phi) is 6.35. The number of aromatic nitrogens is 3. The summed E-state index contributed by atoms with van der Waals surface area (Å²) in [6, 6.07) is 6.61. The van der Waals surface area contributed by atoms with E-state index in [1.54, 1.807) is 6.33 Å². The summed E-state index contributed by atoms with van der Waals surface area (Å²) in [7, 11) is 0. The third-order valence-corrected chi connectivity index (χ3v) is 6.35. The predicted molar refractivity (Wildman–Crippen MR) is 106 cm³/mol. The second-order valence-corrected chi connectivity index (χ2v) is 8.18. The minimum absolute atomic E-state index is 0.0876. The normalized spacial score (nSPS) is 20.1. The van der Waals surface area contributed by atoms with E-state index >= 15 is 0 Å². The monoisotopic (exact) mass is 372 g/mol. The van der Waals surface area contributed by atoms with Gasteiger partial charge in [-0.15, -0.1) is 10.2 Å². The van der Waals surface area contributed by atoms with Crippen molar-refractivity contribution in [2.75, 3.05) is 5.75 Å². The van der Waals surface area contributed by atoms with E-state index < -0.39 is 0 Å². The van der Waals surface area contributed by atoms with E-state index in [-0.39, 0.29) is 5.91 Å². The van der Waals surface area contributed by atoms with Crippen LogP contribution in [0.2, 0.25) is 0 Å². The largest absolute Gasteiger partial charge is 0.353 e. The van der Waals surface area contributed by atoms with Crippen LogP contribution in [0.1, 0.15) is 50.2 Å². The van der Waals surface area contributed by atoms with E-state index in [1.165, 1.54) is 42.2 Å². The van der Waals surface area contributed by atoms with Gasteiger partial charge in [-0.2, -0.15) is 0 Å². The molecule has 0 spiro atoms. The zero-order valence-electron chi connectivity index (χ0n) is 15.9. The van der Waals surface area contributed by atoms with Crippen molar-refractivity contribution >= 4 is 17.7 Å². The molecular formula is C20H28N4OS. The quantitative estimate of drug-likeness (QED) is 0.777. The number of carbonyl (C=O) groups excluding carboxylic acids is 1. The van der Waals surface area contributed by atoms with E-state index in [2.05, 4.69) is 54.5 Å². The fraction of sp³-hybridized carbons (Fsp3) is 0.550. The van der Waals surface area contributed by atoms with Crippen LogP contribution in [-0.4, -0.2) is 32.5 Å². The van der Waals surface area contributed by atoms with Gasteiger partial charge >= 0.3 is 0 Å². The van der Waals surface area contributed by atoms with Gasteiger partial charge in [-0.3, -0.25) is 9.36 Å². The first kappa shape index (κ1) is 19.0. The molecule has 0 bridgehead atoms. The summed E-state index contributed by atoms with van der Waals surface area (Å²) in [5.41, 5.74) is 3.51. The number of hydrogen-bond acceptors (Lipinski definition) is 4. The smallest absolute Gasteiger partial charge is 0.230 e. The standard InChI is InChI=1S/C20H28N4OS/c1-4-16-6-8-17(9-7-16)22-19(25)12-26-20-23-21-13-24(20)18-10-5-14(2)15(3)11-18/h5,10-11,13,16-17H,4,6-9,12H2,1-3H3,(H,22,25). The maximum Gasteiger partial charge on any atom is 0.230 e. The van der Waals surface area contributed by atoms with Crippen molar-refractivity contribution < 1.29 is 4.79 Å². The SMILES string of the molecule is CCC1CCC(NC(=O)CSc2nncn2-c2ccc(C)c(C)c2)CC1. The van der Waals surface area contributed by atoms with Crippen molar-refractivity contribution in [3.8, 4) is 5.69 Å². The molecule has 2 aromatic rings. The summed E-state index contributed by atoms with van der Waals surface area (Å²) in [4.78, 5) is 12.3. The van der Waals surface area contributed by atoms with Gasteiger partial charge in [0.15, 0.2) is 5.16 Å². The summed E-state index contributed by atoms with van der Waals surface area (Å²) >= 11 is 1.44. The number of thioether (sulfide) groups is 1. The first-order valence-electron chi connectivity index (χ1n) is 9.46. The Bertz CT molecular complexity index is 750. The van der Waals surface area contributed by atoms with Crippen LogP contribution in [0.5, 0.6) is 0 Å². The molecular weight excluding hydrogens is 344 g/mol. The summed E-state index contributed by atoms with van der Waals surface area (Å²) in [5, 5.41) is 12.1. The van der Waals surface area contributed by atoms with Crippen molar-refractivity contribution in [2.45, 2.75) is 64.1 Å². The maximum atomic E-state index is 12.3. The van der Waals surface area contributed by atoms with Crippen LogP contribution in [0.3, 0.4) is 0 Å². The fourth-order valence-electron chi connectivity index (χ4n) is 3.49. The Morgan fingerprint density at radius 2 is 2.00 bits per heavy atom. The summed E-state index contributed by atoms with van der Waals surface area (Å²) < 4.78 is 1.94. The highest BCUT2D eigenvalue weighted by Crippen LogP contribution is 2.27. The number of rotatable bonds is 6. The average molecular weight is 373 g/mol. The van der Waals surface area contributed by atoms with Gasteiger partial charge in [0, 0.05) is 11.7 Å². The van der Waals surface area contributed by atoms with Crippen molar-refractivity contribution in [2.24, 2.45) is 5.92 Å². The number of nitrogens with zero attached hydrogens (tertiary/aromatic N) is 3. The molecule has 5 nitrogen and oxygen atoms in total. The van der Waals surface area contributed by atoms with Crippen molar-refractivity contribution in [1.82, 2.24) is 20.1 Å². The molecule has 1 aliphatic rings. The molecule has 0 atom stereocenters. The number of aryl methyl sites for hydroxylation is 2. The van der Waals surface area contributed by atoms with Crippen LogP contribution in [0.4, 0.5) is 0 Å². The first-order valence-corrected chi connectivity index (χ1v) is 10.4. The first-order chi connectivity index (χ1) is 12.6. The van der Waals surface area contributed by atoms with Gasteiger partial charge in [-0.25, -0.2) is 0 Å². The van der Waals surface area contributed by atoms with Gasteiger partial charge in [-0.1, -0.05) is 31.2 Å². The fourth-order valence-corrected chi connectivity index (χ4v) is 4.23. The lowest BCUT2D eigenvalue weighted by molar-refractivity contribution is -0.119. The maximum absolute atomic E-state index is 12.3. The van der Waals surface area contributed by atoms with Gasteiger partial charge in [0.25, 0.3) is 0 Å². The summed E-state index contributed by atoms with van der Waals surface area (Å²) in [6.07, 6.45) is 7.63. The number of hydrogen-bond donors (Lipinski definition) is 1. The molecule has 1 amide bonds. The Balaban J connectivity index is 1.55. The molecule has 0 saturated heterocycles. The Morgan fingerprint density at radius 3 is 2.69 bits per heavy atom. The molecule has 1 heterocycles. The zero-order chi connectivity index (χ0) is 18.5. The third kappa shape index (κ3) is 4.67. The second-order valence-electron chi connectivity index (χ2n) is 7.23.